The number of H-pyrrole nitrogens is 1. The molecule has 8 heteroatoms. The lowest BCUT2D eigenvalue weighted by Crippen LogP contribution is -2.49. The molecule has 2 aliphatic heterocycles. The normalized spacial score (nSPS) is 25.9. The zero-order valence-electron chi connectivity index (χ0n) is 13.2. The Bertz CT molecular complexity index is 530. The summed E-state index contributed by atoms with van der Waals surface area (Å²) in [5, 5.41) is 6.45. The number of methoxy groups -OCH3 is 1. The molecule has 6 nitrogen and oxygen atoms in total. The van der Waals surface area contributed by atoms with Crippen molar-refractivity contribution in [3.8, 4) is 0 Å². The second-order valence-electron chi connectivity index (χ2n) is 6.34. The van der Waals surface area contributed by atoms with Gasteiger partial charge in [0.25, 0.3) is 11.8 Å². The Morgan fingerprint density at radius 2 is 2.22 bits per heavy atom. The molecule has 128 valence electrons. The molecule has 2 aliphatic rings. The quantitative estimate of drug-likeness (QED) is 0.907. The summed E-state index contributed by atoms with van der Waals surface area (Å²) < 4.78 is 32.6. The van der Waals surface area contributed by atoms with Gasteiger partial charge >= 0.3 is 0 Å². The molecule has 1 atom stereocenters. The minimum Gasteiger partial charge on any atom is -0.383 e. The van der Waals surface area contributed by atoms with Crippen LogP contribution >= 0.6 is 0 Å². The Hall–Kier alpha value is -1.54. The monoisotopic (exact) mass is 328 g/mol. The van der Waals surface area contributed by atoms with Gasteiger partial charge in [0.05, 0.1) is 13.2 Å². The molecule has 23 heavy (non-hydrogen) atoms. The predicted molar refractivity (Wildman–Crippen MR) is 79.4 cm³/mol. The number of nitrogens with zero attached hydrogens (tertiary/aromatic N) is 3. The molecule has 0 saturated carbocycles. The molecule has 1 amide bonds. The number of carbonyl (C=O) groups excluding carboxylic acids is 1. The van der Waals surface area contributed by atoms with E-state index in [0.29, 0.717) is 38.2 Å². The molecule has 0 bridgehead atoms. The molecular weight excluding hydrogens is 306 g/mol. The van der Waals surface area contributed by atoms with Gasteiger partial charge in [0.15, 0.2) is 0 Å². The van der Waals surface area contributed by atoms with E-state index in [0.717, 1.165) is 0 Å². The minimum absolute atomic E-state index is 0.0781. The Morgan fingerprint density at radius 1 is 1.48 bits per heavy atom. The lowest BCUT2D eigenvalue weighted by atomic mass is 10.0. The van der Waals surface area contributed by atoms with Crippen LogP contribution in [0.1, 0.15) is 29.8 Å². The molecule has 1 aromatic heterocycles. The van der Waals surface area contributed by atoms with Gasteiger partial charge in [0.2, 0.25) is 0 Å². The average molecular weight is 328 g/mol. The number of aromatic amines is 1. The Balaban J connectivity index is 1.59. The Kier molecular flexibility index (Phi) is 4.63. The maximum Gasteiger partial charge on any atom is 0.271 e. The Labute approximate surface area is 133 Å². The van der Waals surface area contributed by atoms with E-state index < -0.39 is 5.92 Å². The third-order valence-electron chi connectivity index (χ3n) is 4.73. The van der Waals surface area contributed by atoms with Crippen LogP contribution in [-0.4, -0.2) is 77.3 Å². The van der Waals surface area contributed by atoms with Crippen molar-refractivity contribution in [2.75, 3.05) is 33.4 Å². The van der Waals surface area contributed by atoms with Crippen molar-refractivity contribution in [1.29, 1.82) is 0 Å². The summed E-state index contributed by atoms with van der Waals surface area (Å²) >= 11 is 0. The van der Waals surface area contributed by atoms with Crippen LogP contribution in [0.15, 0.2) is 12.3 Å². The van der Waals surface area contributed by atoms with Gasteiger partial charge in [-0.1, -0.05) is 0 Å². The predicted octanol–water partition coefficient (Wildman–Crippen LogP) is 1.37. The zero-order valence-corrected chi connectivity index (χ0v) is 13.2. The second-order valence-corrected chi connectivity index (χ2v) is 6.34. The molecule has 1 N–H and O–H groups in total. The van der Waals surface area contributed by atoms with Gasteiger partial charge in [-0.05, 0) is 18.9 Å². The molecule has 1 aromatic rings. The van der Waals surface area contributed by atoms with Crippen molar-refractivity contribution < 1.29 is 18.3 Å². The van der Waals surface area contributed by atoms with Gasteiger partial charge in [-0.3, -0.25) is 14.8 Å². The van der Waals surface area contributed by atoms with Crippen molar-refractivity contribution in [3.05, 3.63) is 18.0 Å². The molecule has 0 radical (unpaired) electrons. The Morgan fingerprint density at radius 3 is 2.83 bits per heavy atom. The lowest BCUT2D eigenvalue weighted by Gasteiger charge is -2.38. The molecule has 2 fully saturated rings. The van der Waals surface area contributed by atoms with Crippen LogP contribution in [0.2, 0.25) is 0 Å². The highest BCUT2D eigenvalue weighted by Gasteiger charge is 2.47. The number of aromatic nitrogens is 2. The van der Waals surface area contributed by atoms with Gasteiger partial charge in [-0.15, -0.1) is 0 Å². The van der Waals surface area contributed by atoms with Gasteiger partial charge < -0.3 is 9.64 Å². The standard InChI is InChI=1S/C15H22F2N4O2/c1-23-9-12-8-15(16,17)10-21(12)11-3-6-20(7-4-11)14(22)13-2-5-18-19-13/h2,5,11-12H,3-4,6-10H2,1H3,(H,18,19)/t12-/m0/s1. The van der Waals surface area contributed by atoms with Crippen molar-refractivity contribution >= 4 is 5.91 Å². The largest absolute Gasteiger partial charge is 0.383 e. The second kappa shape index (κ2) is 6.52. The number of halogens is 2. The highest BCUT2D eigenvalue weighted by Crippen LogP contribution is 2.35. The number of alkyl halides is 2. The fourth-order valence-corrected chi connectivity index (χ4v) is 3.64. The van der Waals surface area contributed by atoms with Crippen LogP contribution in [-0.2, 0) is 4.74 Å². The summed E-state index contributed by atoms with van der Waals surface area (Å²) in [6.07, 6.45) is 2.81. The van der Waals surface area contributed by atoms with E-state index in [4.69, 9.17) is 4.74 Å². The van der Waals surface area contributed by atoms with E-state index >= 15 is 0 Å². The number of rotatable bonds is 4. The highest BCUT2D eigenvalue weighted by atomic mass is 19.3. The molecule has 0 aliphatic carbocycles. The van der Waals surface area contributed by atoms with Crippen LogP contribution < -0.4 is 0 Å². The molecule has 0 unspecified atom stereocenters. The summed E-state index contributed by atoms with van der Waals surface area (Å²) in [5.74, 6) is -2.73. The lowest BCUT2D eigenvalue weighted by molar-refractivity contribution is 0.00283. The number of nitrogens with one attached hydrogen (secondary N) is 1. The number of ether oxygens (including phenoxy) is 1. The maximum absolute atomic E-state index is 13.7. The first-order chi connectivity index (χ1) is 11.0. The van der Waals surface area contributed by atoms with E-state index in [1.165, 1.54) is 0 Å². The van der Waals surface area contributed by atoms with Crippen LogP contribution in [0, 0.1) is 0 Å². The fraction of sp³-hybridized carbons (Fsp3) is 0.733. The number of hydrogen-bond acceptors (Lipinski definition) is 4. The van der Waals surface area contributed by atoms with Gasteiger partial charge in [0, 0.05) is 44.9 Å². The first-order valence-corrected chi connectivity index (χ1v) is 7.91. The van der Waals surface area contributed by atoms with Crippen LogP contribution in [0.4, 0.5) is 8.78 Å². The first kappa shape index (κ1) is 16.3. The van der Waals surface area contributed by atoms with Gasteiger partial charge in [-0.25, -0.2) is 8.78 Å². The number of piperidine rings is 1. The zero-order chi connectivity index (χ0) is 16.4. The number of likely N-dealkylation sites (tertiary alicyclic amines) is 2. The third kappa shape index (κ3) is 3.53. The van der Waals surface area contributed by atoms with E-state index in [9.17, 15) is 13.6 Å². The molecule has 2 saturated heterocycles. The van der Waals surface area contributed by atoms with Crippen molar-refractivity contribution in [1.82, 2.24) is 20.0 Å². The fourth-order valence-electron chi connectivity index (χ4n) is 3.64. The van der Waals surface area contributed by atoms with Crippen LogP contribution in [0.5, 0.6) is 0 Å². The maximum atomic E-state index is 13.7. The number of hydrogen-bond donors (Lipinski definition) is 1. The number of carbonyl (C=O) groups is 1. The molecule has 3 rings (SSSR count). The van der Waals surface area contributed by atoms with Crippen molar-refractivity contribution in [2.24, 2.45) is 0 Å². The first-order valence-electron chi connectivity index (χ1n) is 7.91. The van der Waals surface area contributed by atoms with E-state index in [1.54, 1.807) is 24.3 Å². The third-order valence-corrected chi connectivity index (χ3v) is 4.73. The minimum atomic E-state index is -2.65. The smallest absolute Gasteiger partial charge is 0.271 e. The average Bonchev–Trinajstić information content (AvgIpc) is 3.15. The van der Waals surface area contributed by atoms with Crippen LogP contribution in [0.25, 0.3) is 0 Å². The van der Waals surface area contributed by atoms with Crippen molar-refractivity contribution in [3.63, 3.8) is 0 Å². The summed E-state index contributed by atoms with van der Waals surface area (Å²) in [5.41, 5.74) is 0.466. The summed E-state index contributed by atoms with van der Waals surface area (Å²) in [7, 11) is 1.54. The van der Waals surface area contributed by atoms with Gasteiger partial charge in [0.1, 0.15) is 5.69 Å². The molecular formula is C15H22F2N4O2. The summed E-state index contributed by atoms with van der Waals surface area (Å²) in [4.78, 5) is 15.9. The van der Waals surface area contributed by atoms with Crippen LogP contribution in [0.3, 0.4) is 0 Å². The summed E-state index contributed by atoms with van der Waals surface area (Å²) in [6.45, 7) is 1.26. The topological polar surface area (TPSA) is 61.5 Å². The molecule has 0 spiro atoms. The van der Waals surface area contributed by atoms with Crippen molar-refractivity contribution in [2.45, 2.75) is 37.3 Å². The van der Waals surface area contributed by atoms with E-state index in [2.05, 4.69) is 10.2 Å². The van der Waals surface area contributed by atoms with E-state index in [-0.39, 0.29) is 31.0 Å². The van der Waals surface area contributed by atoms with Gasteiger partial charge in [-0.2, -0.15) is 5.10 Å². The van der Waals surface area contributed by atoms with E-state index in [1.807, 2.05) is 4.90 Å². The molecule has 0 aromatic carbocycles. The number of amides is 1. The SMILES string of the molecule is COC[C@@H]1CC(F)(F)CN1C1CCN(C(=O)c2ccn[nH]2)CC1. The summed E-state index contributed by atoms with van der Waals surface area (Å²) in [6, 6.07) is 1.48. The molecule has 3 heterocycles. The highest BCUT2D eigenvalue weighted by molar-refractivity contribution is 5.92.